The van der Waals surface area contributed by atoms with Gasteiger partial charge in [-0.1, -0.05) is 36.8 Å². The fourth-order valence-corrected chi connectivity index (χ4v) is 3.56. The quantitative estimate of drug-likeness (QED) is 0.400. The number of carbonyl (C=O) groups excluding carboxylic acids is 2. The first-order valence-corrected chi connectivity index (χ1v) is 10.4. The van der Waals surface area contributed by atoms with Crippen molar-refractivity contribution in [2.75, 3.05) is 26.3 Å². The molecule has 1 aromatic rings. The van der Waals surface area contributed by atoms with Crippen molar-refractivity contribution >= 4 is 23.5 Å². The summed E-state index contributed by atoms with van der Waals surface area (Å²) in [7, 11) is 0. The average Bonchev–Trinajstić information content (AvgIpc) is 2.65. The lowest BCUT2D eigenvalue weighted by atomic mass is 9.86. The number of carbonyl (C=O) groups is 2. The van der Waals surface area contributed by atoms with Crippen molar-refractivity contribution in [3.63, 3.8) is 0 Å². The Bertz CT molecular complexity index is 823. The molecule has 2 rings (SSSR count). The van der Waals surface area contributed by atoms with Crippen LogP contribution in [0.5, 0.6) is 5.75 Å². The van der Waals surface area contributed by atoms with Crippen molar-refractivity contribution in [1.82, 2.24) is 4.90 Å². The van der Waals surface area contributed by atoms with Gasteiger partial charge in [-0.15, -0.1) is 0 Å². The molecule has 0 radical (unpaired) electrons. The van der Waals surface area contributed by atoms with Crippen LogP contribution in [0.3, 0.4) is 0 Å². The molecule has 0 spiro atoms. The molecule has 29 heavy (non-hydrogen) atoms. The molecule has 6 heteroatoms. The van der Waals surface area contributed by atoms with E-state index < -0.39 is 0 Å². The number of nitrogens with zero attached hydrogens (tertiary/aromatic N) is 1. The van der Waals surface area contributed by atoms with E-state index in [2.05, 4.69) is 0 Å². The number of allylic oxidation sites excluding steroid dienone is 3. The predicted molar refractivity (Wildman–Crippen MR) is 116 cm³/mol. The highest BCUT2D eigenvalue weighted by Crippen LogP contribution is 2.41. The Labute approximate surface area is 178 Å². The molecule has 5 nitrogen and oxygen atoms in total. The molecule has 1 aliphatic heterocycles. The summed E-state index contributed by atoms with van der Waals surface area (Å²) in [4.78, 5) is 26.1. The van der Waals surface area contributed by atoms with E-state index in [0.29, 0.717) is 36.0 Å². The Morgan fingerprint density at radius 2 is 2.00 bits per heavy atom. The van der Waals surface area contributed by atoms with Gasteiger partial charge in [0.15, 0.2) is 5.78 Å². The first-order chi connectivity index (χ1) is 13.8. The highest BCUT2D eigenvalue weighted by Gasteiger charge is 2.37. The average molecular weight is 420 g/mol. The Balaban J connectivity index is 2.12. The van der Waals surface area contributed by atoms with Gasteiger partial charge in [-0.25, -0.2) is 4.79 Å². The molecule has 0 bridgehead atoms. The molecule has 1 aromatic carbocycles. The molecule has 0 unspecified atom stereocenters. The Hall–Kier alpha value is -2.27. The summed E-state index contributed by atoms with van der Waals surface area (Å²) in [5.41, 5.74) is 3.35. The van der Waals surface area contributed by atoms with Gasteiger partial charge in [-0.3, -0.25) is 4.79 Å². The second-order valence-electron chi connectivity index (χ2n) is 7.12. The lowest BCUT2D eigenvalue weighted by Gasteiger charge is -2.40. The van der Waals surface area contributed by atoms with Gasteiger partial charge in [0.2, 0.25) is 0 Å². The third kappa shape index (κ3) is 5.41. The molecule has 1 aliphatic rings. The molecule has 1 amide bonds. The summed E-state index contributed by atoms with van der Waals surface area (Å²) in [6.07, 6.45) is 6.35. The van der Waals surface area contributed by atoms with E-state index in [1.807, 2.05) is 45.9 Å². The third-order valence-electron chi connectivity index (χ3n) is 5.10. The topological polar surface area (TPSA) is 55.8 Å². The molecule has 0 aromatic heterocycles. The summed E-state index contributed by atoms with van der Waals surface area (Å²) < 4.78 is 11.3. The normalized spacial score (nSPS) is 14.8. The van der Waals surface area contributed by atoms with Crippen LogP contribution in [0.2, 0.25) is 5.02 Å². The molecule has 0 N–H and O–H groups in total. The number of hydrogen-bond donors (Lipinski definition) is 0. The number of benzene rings is 1. The highest BCUT2D eigenvalue weighted by molar-refractivity contribution is 6.32. The van der Waals surface area contributed by atoms with Crippen LogP contribution < -0.4 is 4.74 Å². The zero-order chi connectivity index (χ0) is 21.6. The van der Waals surface area contributed by atoms with E-state index in [1.165, 1.54) is 6.92 Å². The maximum atomic E-state index is 12.4. The number of ketones is 1. The zero-order valence-corrected chi connectivity index (χ0v) is 18.6. The van der Waals surface area contributed by atoms with Crippen LogP contribution in [0.4, 0.5) is 4.79 Å². The van der Waals surface area contributed by atoms with Crippen LogP contribution in [0.1, 0.15) is 61.5 Å². The summed E-state index contributed by atoms with van der Waals surface area (Å²) in [5.74, 6) is 0.555. The molecule has 1 fully saturated rings. The van der Waals surface area contributed by atoms with Crippen LogP contribution in [-0.2, 0) is 4.74 Å². The fourth-order valence-electron chi connectivity index (χ4n) is 3.35. The molecule has 0 saturated carbocycles. The Morgan fingerprint density at radius 1 is 1.31 bits per heavy atom. The SMILES string of the molecule is C/C=C\C=C(/CC)COC(=O)N1CC(c2c(C)c(Cl)cc(C(C)=O)c2OCC)C1. The minimum Gasteiger partial charge on any atom is -0.493 e. The van der Waals surface area contributed by atoms with Crippen LogP contribution in [0.25, 0.3) is 0 Å². The summed E-state index contributed by atoms with van der Waals surface area (Å²) in [6.45, 7) is 11.0. The lowest BCUT2D eigenvalue weighted by molar-refractivity contribution is 0.0762. The minimum absolute atomic E-state index is 0.0603. The fraction of sp³-hybridized carbons (Fsp3) is 0.478. The number of halogens is 1. The molecule has 0 atom stereocenters. The van der Waals surface area contributed by atoms with Crippen LogP contribution in [0, 0.1) is 6.92 Å². The summed E-state index contributed by atoms with van der Waals surface area (Å²) >= 11 is 6.38. The maximum Gasteiger partial charge on any atom is 0.410 e. The predicted octanol–water partition coefficient (Wildman–Crippen LogP) is 5.70. The van der Waals surface area contributed by atoms with Crippen molar-refractivity contribution < 1.29 is 19.1 Å². The first-order valence-electron chi connectivity index (χ1n) is 10.0. The molecular formula is C23H30ClNO4. The van der Waals surface area contributed by atoms with Gasteiger partial charge in [0.25, 0.3) is 0 Å². The van der Waals surface area contributed by atoms with E-state index in [4.69, 9.17) is 21.1 Å². The minimum atomic E-state index is -0.328. The summed E-state index contributed by atoms with van der Waals surface area (Å²) in [5, 5.41) is 0.538. The second kappa shape index (κ2) is 10.5. The smallest absolute Gasteiger partial charge is 0.410 e. The van der Waals surface area contributed by atoms with Gasteiger partial charge < -0.3 is 14.4 Å². The molecule has 0 aliphatic carbocycles. The van der Waals surface area contributed by atoms with Crippen LogP contribution in [-0.4, -0.2) is 43.1 Å². The van der Waals surface area contributed by atoms with Crippen LogP contribution in [0.15, 0.2) is 29.9 Å². The van der Waals surface area contributed by atoms with E-state index in [-0.39, 0.29) is 24.4 Å². The molecule has 1 saturated heterocycles. The number of hydrogen-bond acceptors (Lipinski definition) is 4. The number of likely N-dealkylation sites (tertiary alicyclic amines) is 1. The van der Waals surface area contributed by atoms with Crippen molar-refractivity contribution in [2.24, 2.45) is 0 Å². The number of ether oxygens (including phenoxy) is 2. The van der Waals surface area contributed by atoms with Crippen molar-refractivity contribution in [3.05, 3.63) is 51.6 Å². The van der Waals surface area contributed by atoms with Gasteiger partial charge in [0.1, 0.15) is 12.4 Å². The third-order valence-corrected chi connectivity index (χ3v) is 5.49. The molecule has 158 valence electrons. The number of rotatable bonds is 8. The van der Waals surface area contributed by atoms with E-state index in [9.17, 15) is 9.59 Å². The second-order valence-corrected chi connectivity index (χ2v) is 7.53. The van der Waals surface area contributed by atoms with Gasteiger partial charge in [0.05, 0.1) is 12.2 Å². The van der Waals surface area contributed by atoms with E-state index >= 15 is 0 Å². The summed E-state index contributed by atoms with van der Waals surface area (Å²) in [6, 6.07) is 1.67. The Morgan fingerprint density at radius 3 is 2.55 bits per heavy atom. The molecule has 1 heterocycles. The van der Waals surface area contributed by atoms with Crippen molar-refractivity contribution in [2.45, 2.75) is 47.0 Å². The highest BCUT2D eigenvalue weighted by atomic mass is 35.5. The van der Waals surface area contributed by atoms with Crippen LogP contribution >= 0.6 is 11.6 Å². The first kappa shape index (κ1) is 23.0. The number of amides is 1. The van der Waals surface area contributed by atoms with E-state index in [1.54, 1.807) is 11.0 Å². The maximum absolute atomic E-state index is 12.4. The van der Waals surface area contributed by atoms with Crippen molar-refractivity contribution in [1.29, 1.82) is 0 Å². The van der Waals surface area contributed by atoms with E-state index in [0.717, 1.165) is 23.1 Å². The zero-order valence-electron chi connectivity index (χ0n) is 17.9. The van der Waals surface area contributed by atoms with Gasteiger partial charge in [0, 0.05) is 29.6 Å². The van der Waals surface area contributed by atoms with Gasteiger partial charge in [-0.2, -0.15) is 0 Å². The largest absolute Gasteiger partial charge is 0.493 e. The number of Topliss-reactive ketones (excluding diaryl/α,β-unsaturated/α-hetero) is 1. The monoisotopic (exact) mass is 419 g/mol. The van der Waals surface area contributed by atoms with Crippen molar-refractivity contribution in [3.8, 4) is 5.75 Å². The Kier molecular flexibility index (Phi) is 8.32. The molecular weight excluding hydrogens is 390 g/mol. The van der Waals surface area contributed by atoms with Gasteiger partial charge in [-0.05, 0) is 51.3 Å². The standard InChI is InChI=1S/C23H30ClNO4/c1-6-9-10-17(7-2)14-29-23(27)25-12-18(13-25)21-15(4)20(24)11-19(16(5)26)22(21)28-8-3/h6,9-11,18H,7-8,12-14H2,1-5H3/b9-6-,17-10+. The lowest BCUT2D eigenvalue weighted by Crippen LogP contribution is -2.49. The van der Waals surface area contributed by atoms with Gasteiger partial charge >= 0.3 is 6.09 Å².